The van der Waals surface area contributed by atoms with Gasteiger partial charge in [-0.15, -0.1) is 6.58 Å². The maximum absolute atomic E-state index is 13.3. The lowest BCUT2D eigenvalue weighted by Crippen LogP contribution is -2.13. The Hall–Kier alpha value is -4.14. The smallest absolute Gasteiger partial charge is 0.185 e. The van der Waals surface area contributed by atoms with Crippen LogP contribution in [0.2, 0.25) is 10.0 Å². The van der Waals surface area contributed by atoms with Crippen LogP contribution < -0.4 is 0 Å². The SMILES string of the molecule is C.C.C.C.C=CCCCn1c(C=C)cc(Cl)c1C(=O)Cc1ccc(F)c(F)c1.O=C(Cc1ccc(F)c(F)c1)c1c(Cl)cc2n1CCCC=C2. The van der Waals surface area contributed by atoms with Crippen LogP contribution in [-0.2, 0) is 25.9 Å². The maximum atomic E-state index is 13.3. The summed E-state index contributed by atoms with van der Waals surface area (Å²) in [5.74, 6) is -4.23. The van der Waals surface area contributed by atoms with E-state index in [-0.39, 0.29) is 54.1 Å². The number of nitrogens with zero attached hydrogens (tertiary/aromatic N) is 2. The van der Waals surface area contributed by atoms with E-state index in [1.54, 1.807) is 22.8 Å². The molecule has 0 N–H and O–H groups in total. The van der Waals surface area contributed by atoms with Gasteiger partial charge in [0.05, 0.1) is 10.0 Å². The Balaban J connectivity index is 0.000000891. The molecule has 1 aliphatic rings. The number of aromatic nitrogens is 2. The molecule has 0 unspecified atom stereocenters. The number of unbranched alkanes of at least 4 members (excludes halogenated alkanes) is 1. The van der Waals surface area contributed by atoms with E-state index in [4.69, 9.17) is 23.2 Å². The first-order valence-corrected chi connectivity index (χ1v) is 15.4. The molecule has 0 saturated heterocycles. The van der Waals surface area contributed by atoms with Crippen molar-refractivity contribution in [2.75, 3.05) is 0 Å². The second-order valence-corrected chi connectivity index (χ2v) is 11.5. The lowest BCUT2D eigenvalue weighted by molar-refractivity contribution is 0.0975. The average molecular weight is 736 g/mol. The van der Waals surface area contributed by atoms with Gasteiger partial charge >= 0.3 is 0 Å². The second-order valence-electron chi connectivity index (χ2n) is 10.7. The Morgan fingerprint density at radius 1 is 0.760 bits per heavy atom. The minimum atomic E-state index is -0.973. The fourth-order valence-electron chi connectivity index (χ4n) is 5.23. The summed E-state index contributed by atoms with van der Waals surface area (Å²) in [6, 6.07) is 10.4. The number of fused-ring (bicyclic) bond motifs is 1. The van der Waals surface area contributed by atoms with E-state index in [2.05, 4.69) is 19.2 Å². The van der Waals surface area contributed by atoms with Crippen LogP contribution in [0.5, 0.6) is 0 Å². The number of Topliss-reactive ketones (excluding diaryl/α,β-unsaturated/α-hetero) is 2. The second kappa shape index (κ2) is 21.2. The summed E-state index contributed by atoms with van der Waals surface area (Å²) in [6.45, 7) is 8.73. The maximum Gasteiger partial charge on any atom is 0.185 e. The highest BCUT2D eigenvalue weighted by Gasteiger charge is 2.22. The number of benzene rings is 2. The first-order chi connectivity index (χ1) is 22.0. The Labute approximate surface area is 304 Å². The molecule has 4 nitrogen and oxygen atoms in total. The third-order valence-corrected chi connectivity index (χ3v) is 8.01. The van der Waals surface area contributed by atoms with Crippen LogP contribution in [0.15, 0.2) is 73.8 Å². The molecule has 50 heavy (non-hydrogen) atoms. The predicted molar refractivity (Wildman–Crippen MR) is 202 cm³/mol. The molecule has 0 aliphatic carbocycles. The molecule has 3 heterocycles. The number of hydrogen-bond donors (Lipinski definition) is 0. The van der Waals surface area contributed by atoms with Gasteiger partial charge in [0.25, 0.3) is 0 Å². The van der Waals surface area contributed by atoms with Gasteiger partial charge in [0, 0.05) is 37.3 Å². The van der Waals surface area contributed by atoms with Gasteiger partial charge in [0.2, 0.25) is 0 Å². The van der Waals surface area contributed by atoms with Crippen LogP contribution >= 0.6 is 23.2 Å². The topological polar surface area (TPSA) is 44.0 Å². The first-order valence-electron chi connectivity index (χ1n) is 14.7. The Bertz CT molecular complexity index is 1810. The number of halogens is 6. The van der Waals surface area contributed by atoms with E-state index in [1.807, 2.05) is 16.7 Å². The molecule has 10 heteroatoms. The fourth-order valence-corrected chi connectivity index (χ4v) is 5.87. The average Bonchev–Trinajstić information content (AvgIpc) is 3.41. The number of allylic oxidation sites excluding steroid dienone is 2. The number of ketones is 2. The standard InChI is InChI=1S/C19H18ClF2NO.C17H14ClF2NO.4CH4/c1-3-5-6-9-23-14(4-2)12-15(20)19(23)18(24)11-13-7-8-16(21)17(22)10-13;18-13-10-12-4-2-1-3-7-21(12)17(13)16(22)9-11-5-6-14(19)15(20)8-11;;;;/h3-4,7-8,10,12H,1-2,5-6,9,11H2;2,4-6,8,10H,1,3,7,9H2;4*1H4. The third-order valence-electron chi connectivity index (χ3n) is 7.43. The van der Waals surface area contributed by atoms with E-state index in [0.29, 0.717) is 45.6 Å². The molecule has 5 rings (SSSR count). The van der Waals surface area contributed by atoms with Crippen LogP contribution in [0, 0.1) is 23.3 Å². The zero-order valence-corrected chi connectivity index (χ0v) is 26.5. The Morgan fingerprint density at radius 2 is 1.30 bits per heavy atom. The van der Waals surface area contributed by atoms with Crippen LogP contribution in [0.3, 0.4) is 0 Å². The van der Waals surface area contributed by atoms with Crippen molar-refractivity contribution in [1.29, 1.82) is 0 Å². The monoisotopic (exact) mass is 734 g/mol. The molecule has 0 atom stereocenters. The zero-order valence-electron chi connectivity index (χ0n) is 25.0. The third kappa shape index (κ3) is 11.2. The molecule has 2 aromatic carbocycles. The van der Waals surface area contributed by atoms with Gasteiger partial charge in [0.15, 0.2) is 34.8 Å². The highest BCUT2D eigenvalue weighted by molar-refractivity contribution is 6.34. The summed E-state index contributed by atoms with van der Waals surface area (Å²) in [5.41, 5.74) is 3.27. The van der Waals surface area contributed by atoms with Crippen molar-refractivity contribution < 1.29 is 27.2 Å². The molecule has 2 aromatic heterocycles. The number of carbonyl (C=O) groups is 2. The van der Waals surface area contributed by atoms with E-state index in [1.165, 1.54) is 12.1 Å². The van der Waals surface area contributed by atoms with E-state index in [0.717, 1.165) is 61.3 Å². The van der Waals surface area contributed by atoms with E-state index >= 15 is 0 Å². The van der Waals surface area contributed by atoms with Crippen molar-refractivity contribution in [2.24, 2.45) is 0 Å². The molecule has 272 valence electrons. The normalized spacial score (nSPS) is 11.2. The predicted octanol–water partition coefficient (Wildman–Crippen LogP) is 12.7. The van der Waals surface area contributed by atoms with Crippen molar-refractivity contribution in [3.8, 4) is 0 Å². The first kappa shape index (κ1) is 45.9. The number of rotatable bonds is 11. The van der Waals surface area contributed by atoms with Gasteiger partial charge in [-0.3, -0.25) is 9.59 Å². The summed E-state index contributed by atoms with van der Waals surface area (Å²) in [5, 5.41) is 0.727. The van der Waals surface area contributed by atoms with Crippen LogP contribution in [-0.4, -0.2) is 20.7 Å². The van der Waals surface area contributed by atoms with E-state index < -0.39 is 23.3 Å². The highest BCUT2D eigenvalue weighted by atomic mass is 35.5. The van der Waals surface area contributed by atoms with Crippen LogP contribution in [0.1, 0.15) is 98.9 Å². The minimum absolute atomic E-state index is 0. The summed E-state index contributed by atoms with van der Waals surface area (Å²) in [7, 11) is 0. The molecule has 0 fully saturated rings. The van der Waals surface area contributed by atoms with Crippen molar-refractivity contribution in [1.82, 2.24) is 9.13 Å². The minimum Gasteiger partial charge on any atom is -0.337 e. The number of hydrogen-bond acceptors (Lipinski definition) is 2. The van der Waals surface area contributed by atoms with Gasteiger partial charge < -0.3 is 9.13 Å². The van der Waals surface area contributed by atoms with Gasteiger partial charge in [-0.05, 0) is 85.4 Å². The van der Waals surface area contributed by atoms with Gasteiger partial charge in [-0.2, -0.15) is 0 Å². The summed E-state index contributed by atoms with van der Waals surface area (Å²) >= 11 is 12.4. The van der Waals surface area contributed by atoms with Crippen LogP contribution in [0.25, 0.3) is 12.2 Å². The van der Waals surface area contributed by atoms with Gasteiger partial charge in [0.1, 0.15) is 11.4 Å². The molecule has 4 aromatic rings. The summed E-state index contributed by atoms with van der Waals surface area (Å²) in [4.78, 5) is 25.2. The molecule has 1 aliphatic heterocycles. The zero-order chi connectivity index (χ0) is 33.4. The van der Waals surface area contributed by atoms with Gasteiger partial charge in [-0.1, -0.05) is 83.8 Å². The van der Waals surface area contributed by atoms with Crippen molar-refractivity contribution in [2.45, 2.75) is 81.3 Å². The van der Waals surface area contributed by atoms with E-state index in [9.17, 15) is 27.2 Å². The molecule has 0 saturated carbocycles. The highest BCUT2D eigenvalue weighted by Crippen LogP contribution is 2.28. The molecular formula is C40H48Cl2F4N2O2. The molecular weight excluding hydrogens is 687 g/mol. The van der Waals surface area contributed by atoms with Crippen molar-refractivity contribution >= 4 is 46.9 Å². The quantitative estimate of drug-likeness (QED) is 0.0666. The molecule has 0 amide bonds. The molecule has 0 spiro atoms. The summed E-state index contributed by atoms with van der Waals surface area (Å²) in [6.07, 6.45) is 10.9. The van der Waals surface area contributed by atoms with Crippen molar-refractivity contribution in [3.63, 3.8) is 0 Å². The largest absolute Gasteiger partial charge is 0.337 e. The fraction of sp³-hybridized carbons (Fsp3) is 0.300. The number of carbonyl (C=O) groups excluding carboxylic acids is 2. The lowest BCUT2D eigenvalue weighted by Gasteiger charge is -2.11. The Morgan fingerprint density at radius 3 is 1.82 bits per heavy atom. The molecule has 0 bridgehead atoms. The lowest BCUT2D eigenvalue weighted by atomic mass is 10.1. The Kier molecular flexibility index (Phi) is 19.4. The summed E-state index contributed by atoms with van der Waals surface area (Å²) < 4.78 is 56.2. The van der Waals surface area contributed by atoms with Crippen LogP contribution in [0.4, 0.5) is 17.6 Å². The molecule has 0 radical (unpaired) electrons. The van der Waals surface area contributed by atoms with Crippen molar-refractivity contribution in [3.05, 3.63) is 141 Å². The van der Waals surface area contributed by atoms with Gasteiger partial charge in [-0.25, -0.2) is 17.6 Å².